The highest BCUT2D eigenvalue weighted by Gasteiger charge is 2.40. The molecule has 0 heterocycles. The highest BCUT2D eigenvalue weighted by Crippen LogP contribution is 2.49. The van der Waals surface area contributed by atoms with E-state index in [2.05, 4.69) is 10.9 Å². The van der Waals surface area contributed by atoms with Crippen LogP contribution < -0.4 is 10.9 Å². The first-order valence-electron chi connectivity index (χ1n) is 11.4. The third-order valence-corrected chi connectivity index (χ3v) is 8.82. The summed E-state index contributed by atoms with van der Waals surface area (Å²) in [5.41, 5.74) is 7.15. The first-order valence-corrected chi connectivity index (χ1v) is 12.9. The molecule has 2 aromatic rings. The second kappa shape index (κ2) is 9.65. The predicted molar refractivity (Wildman–Crippen MR) is 125 cm³/mol. The normalized spacial score (nSPS) is 21.8. The van der Waals surface area contributed by atoms with Crippen LogP contribution in [-0.2, 0) is 21.4 Å². The highest BCUT2D eigenvalue weighted by atomic mass is 32.2. The van der Waals surface area contributed by atoms with Gasteiger partial charge in [-0.05, 0) is 73.8 Å². The van der Waals surface area contributed by atoms with Crippen LogP contribution in [-0.4, -0.2) is 31.6 Å². The van der Waals surface area contributed by atoms with E-state index in [0.29, 0.717) is 23.8 Å². The van der Waals surface area contributed by atoms with E-state index < -0.39 is 15.9 Å². The number of sulfonamides is 1. The number of hydrazine groups is 1. The Kier molecular flexibility index (Phi) is 6.86. The standard InChI is InChI=1S/C25H31N3O4S/c1-17-3-11-23(12-4-17)33(31,32)28(2)16-18-5-8-20(9-6-18)25(30)27-26-24(29)15-22-14-19-7-10-21(22)13-19/h3-6,8-9,11-12,19,21-22H,7,10,13-16H2,1-2H3,(H,26,29)(H,27,30). The number of hydrogen-bond acceptors (Lipinski definition) is 4. The Balaban J connectivity index is 1.28. The molecule has 2 N–H and O–H groups in total. The van der Waals surface area contributed by atoms with Gasteiger partial charge in [-0.3, -0.25) is 20.4 Å². The molecule has 2 bridgehead atoms. The van der Waals surface area contributed by atoms with E-state index in [1.165, 1.54) is 30.6 Å². The Morgan fingerprint density at radius 3 is 2.27 bits per heavy atom. The first kappa shape index (κ1) is 23.4. The lowest BCUT2D eigenvalue weighted by atomic mass is 9.86. The molecule has 2 aromatic carbocycles. The SMILES string of the molecule is Cc1ccc(S(=O)(=O)N(C)Cc2ccc(C(=O)NNC(=O)CC3CC4CCC3C4)cc2)cc1. The van der Waals surface area contributed by atoms with E-state index in [4.69, 9.17) is 0 Å². The van der Waals surface area contributed by atoms with Crippen LogP contribution in [0, 0.1) is 24.7 Å². The molecule has 2 amide bonds. The maximum absolute atomic E-state index is 12.8. The Hall–Kier alpha value is -2.71. The zero-order chi connectivity index (χ0) is 23.6. The van der Waals surface area contributed by atoms with Gasteiger partial charge in [-0.2, -0.15) is 4.31 Å². The number of rotatable bonds is 7. The van der Waals surface area contributed by atoms with Gasteiger partial charge in [0.25, 0.3) is 5.91 Å². The largest absolute Gasteiger partial charge is 0.273 e. The van der Waals surface area contributed by atoms with Crippen molar-refractivity contribution in [1.82, 2.24) is 15.2 Å². The van der Waals surface area contributed by atoms with E-state index >= 15 is 0 Å². The molecule has 0 saturated heterocycles. The monoisotopic (exact) mass is 469 g/mol. The minimum atomic E-state index is -3.61. The van der Waals surface area contributed by atoms with Crippen LogP contribution in [0.15, 0.2) is 53.4 Å². The molecule has 0 spiro atoms. The number of carbonyl (C=O) groups is 2. The quantitative estimate of drug-likeness (QED) is 0.608. The second-order valence-electron chi connectivity index (χ2n) is 9.41. The molecule has 0 aromatic heterocycles. The van der Waals surface area contributed by atoms with Crippen LogP contribution in [0.2, 0.25) is 0 Å². The molecule has 4 rings (SSSR count). The van der Waals surface area contributed by atoms with E-state index in [0.717, 1.165) is 23.5 Å². The van der Waals surface area contributed by atoms with Gasteiger partial charge < -0.3 is 0 Å². The molecule has 176 valence electrons. The average molecular weight is 470 g/mol. The summed E-state index contributed by atoms with van der Waals surface area (Å²) in [6.07, 6.45) is 5.36. The zero-order valence-electron chi connectivity index (χ0n) is 19.1. The molecular formula is C25H31N3O4S. The van der Waals surface area contributed by atoms with Crippen molar-refractivity contribution < 1.29 is 18.0 Å². The predicted octanol–water partition coefficient (Wildman–Crippen LogP) is 3.40. The topological polar surface area (TPSA) is 95.6 Å². The number of aryl methyl sites for hydroxylation is 1. The Morgan fingerprint density at radius 2 is 1.67 bits per heavy atom. The molecule has 2 fully saturated rings. The lowest BCUT2D eigenvalue weighted by Gasteiger charge is -2.21. The van der Waals surface area contributed by atoms with Crippen LogP contribution in [0.3, 0.4) is 0 Å². The van der Waals surface area contributed by atoms with Crippen LogP contribution in [0.4, 0.5) is 0 Å². The van der Waals surface area contributed by atoms with E-state index in [-0.39, 0.29) is 17.3 Å². The Labute approximate surface area is 195 Å². The molecule has 2 aliphatic carbocycles. The number of hydrogen-bond donors (Lipinski definition) is 2. The van der Waals surface area contributed by atoms with Crippen molar-refractivity contribution in [2.24, 2.45) is 17.8 Å². The van der Waals surface area contributed by atoms with Crippen LogP contribution in [0.1, 0.15) is 53.6 Å². The average Bonchev–Trinajstić information content (AvgIpc) is 3.41. The van der Waals surface area contributed by atoms with Gasteiger partial charge in [-0.15, -0.1) is 0 Å². The Morgan fingerprint density at radius 1 is 0.970 bits per heavy atom. The van der Waals surface area contributed by atoms with Gasteiger partial charge >= 0.3 is 0 Å². The van der Waals surface area contributed by atoms with Crippen LogP contribution >= 0.6 is 0 Å². The number of benzene rings is 2. The fourth-order valence-electron chi connectivity index (χ4n) is 5.11. The summed E-state index contributed by atoms with van der Waals surface area (Å²) in [7, 11) is -2.08. The summed E-state index contributed by atoms with van der Waals surface area (Å²) in [4.78, 5) is 24.9. The smallest absolute Gasteiger partial charge is 0.269 e. The van der Waals surface area contributed by atoms with Gasteiger partial charge in [0.15, 0.2) is 0 Å². The zero-order valence-corrected chi connectivity index (χ0v) is 19.9. The summed E-state index contributed by atoms with van der Waals surface area (Å²) >= 11 is 0. The van der Waals surface area contributed by atoms with Crippen LogP contribution in [0.5, 0.6) is 0 Å². The summed E-state index contributed by atoms with van der Waals surface area (Å²) in [5.74, 6) is 1.33. The molecular weight excluding hydrogens is 438 g/mol. The fourth-order valence-corrected chi connectivity index (χ4v) is 6.27. The molecule has 8 heteroatoms. The van der Waals surface area contributed by atoms with Gasteiger partial charge in [0, 0.05) is 25.6 Å². The fraction of sp³-hybridized carbons (Fsp3) is 0.440. The summed E-state index contributed by atoms with van der Waals surface area (Å²) < 4.78 is 26.8. The van der Waals surface area contributed by atoms with Gasteiger partial charge in [0.1, 0.15) is 0 Å². The second-order valence-corrected chi connectivity index (χ2v) is 11.5. The highest BCUT2D eigenvalue weighted by molar-refractivity contribution is 7.89. The maximum Gasteiger partial charge on any atom is 0.269 e. The van der Waals surface area contributed by atoms with Crippen molar-refractivity contribution in [3.8, 4) is 0 Å². The van der Waals surface area contributed by atoms with Crippen molar-refractivity contribution in [2.75, 3.05) is 7.05 Å². The molecule has 2 saturated carbocycles. The molecule has 3 unspecified atom stereocenters. The molecule has 7 nitrogen and oxygen atoms in total. The number of amides is 2. The maximum atomic E-state index is 12.8. The van der Waals surface area contributed by atoms with Crippen LogP contribution in [0.25, 0.3) is 0 Å². The van der Waals surface area contributed by atoms with Gasteiger partial charge in [0.05, 0.1) is 4.90 Å². The first-order chi connectivity index (χ1) is 15.7. The summed E-state index contributed by atoms with van der Waals surface area (Å²) in [6.45, 7) is 2.08. The summed E-state index contributed by atoms with van der Waals surface area (Å²) in [5, 5.41) is 0. The lowest BCUT2D eigenvalue weighted by Crippen LogP contribution is -2.42. The third-order valence-electron chi connectivity index (χ3n) is 7.00. The van der Waals surface area contributed by atoms with Crippen molar-refractivity contribution in [3.05, 3.63) is 65.2 Å². The lowest BCUT2D eigenvalue weighted by molar-refractivity contribution is -0.123. The minimum absolute atomic E-state index is 0.152. The van der Waals surface area contributed by atoms with E-state index in [1.807, 2.05) is 6.92 Å². The number of nitrogens with zero attached hydrogens (tertiary/aromatic N) is 1. The van der Waals surface area contributed by atoms with Gasteiger partial charge in [-0.1, -0.05) is 36.2 Å². The van der Waals surface area contributed by atoms with Gasteiger partial charge in [-0.25, -0.2) is 8.42 Å². The van der Waals surface area contributed by atoms with Crippen molar-refractivity contribution in [2.45, 2.75) is 50.5 Å². The molecule has 3 atom stereocenters. The molecule has 0 aliphatic heterocycles. The minimum Gasteiger partial charge on any atom is -0.273 e. The number of nitrogens with one attached hydrogen (secondary N) is 2. The summed E-state index contributed by atoms with van der Waals surface area (Å²) in [6, 6.07) is 13.4. The Bertz CT molecular complexity index is 1110. The van der Waals surface area contributed by atoms with Crippen molar-refractivity contribution in [3.63, 3.8) is 0 Å². The van der Waals surface area contributed by atoms with E-state index in [9.17, 15) is 18.0 Å². The third kappa shape index (κ3) is 5.45. The van der Waals surface area contributed by atoms with Crippen molar-refractivity contribution >= 4 is 21.8 Å². The van der Waals surface area contributed by atoms with E-state index in [1.54, 1.807) is 48.5 Å². The molecule has 33 heavy (non-hydrogen) atoms. The van der Waals surface area contributed by atoms with Gasteiger partial charge in [0.2, 0.25) is 15.9 Å². The van der Waals surface area contributed by atoms with Crippen molar-refractivity contribution in [1.29, 1.82) is 0 Å². The number of carbonyl (C=O) groups excluding carboxylic acids is 2. The number of fused-ring (bicyclic) bond motifs is 2. The molecule has 0 radical (unpaired) electrons. The molecule has 2 aliphatic rings.